The average molecular weight is 459 g/mol. The number of thiocarbonyl (C=S) groups is 2. The number of hydrogen-bond donors (Lipinski definition) is 0. The number of rotatable bonds is 6. The van der Waals surface area contributed by atoms with Gasteiger partial charge in [-0.05, 0) is 34.4 Å². The van der Waals surface area contributed by atoms with Crippen LogP contribution in [-0.4, -0.2) is 75.1 Å². The van der Waals surface area contributed by atoms with Crippen LogP contribution in [0.3, 0.4) is 0 Å². The molecule has 0 radical (unpaired) electrons. The van der Waals surface area contributed by atoms with Crippen LogP contribution < -0.4 is 0 Å². The van der Waals surface area contributed by atoms with Crippen molar-refractivity contribution in [1.82, 2.24) is 9.80 Å². The highest BCUT2D eigenvalue weighted by Crippen LogP contribution is 2.54. The molecule has 2 fully saturated rings. The van der Waals surface area contributed by atoms with Crippen LogP contribution >= 0.6 is 67.6 Å². The zero-order chi connectivity index (χ0) is 18.1. The van der Waals surface area contributed by atoms with Gasteiger partial charge in [0.15, 0.2) is 0 Å². The molecule has 0 amide bonds. The molecule has 2 heterocycles. The molecule has 0 aromatic rings. The van der Waals surface area contributed by atoms with Crippen molar-refractivity contribution in [2.45, 2.75) is 30.8 Å². The first-order valence-corrected chi connectivity index (χ1v) is 13.7. The third-order valence-corrected chi connectivity index (χ3v) is 13.0. The van der Waals surface area contributed by atoms with E-state index in [4.69, 9.17) is 33.9 Å². The van der Waals surface area contributed by atoms with Crippen molar-refractivity contribution in [2.75, 3.05) is 52.6 Å². The van der Waals surface area contributed by atoms with Crippen LogP contribution in [0.4, 0.5) is 0 Å². The number of morpholine rings is 2. The third kappa shape index (κ3) is 7.21. The lowest BCUT2D eigenvalue weighted by Gasteiger charge is -2.33. The van der Waals surface area contributed by atoms with Crippen LogP contribution in [0.5, 0.6) is 0 Å². The molecule has 2 saturated heterocycles. The highest BCUT2D eigenvalue weighted by atomic mass is 33.1. The van der Waals surface area contributed by atoms with E-state index in [2.05, 4.69) is 23.6 Å². The van der Waals surface area contributed by atoms with E-state index in [1.54, 1.807) is 21.6 Å². The fourth-order valence-electron chi connectivity index (χ4n) is 2.32. The molecule has 2 rings (SSSR count). The van der Waals surface area contributed by atoms with Gasteiger partial charge in [0.05, 0.1) is 30.5 Å². The number of nitrogens with zero attached hydrogens (tertiary/aromatic N) is 2. The number of hydrogen-bond acceptors (Lipinski definition) is 8. The van der Waals surface area contributed by atoms with Gasteiger partial charge in [0.2, 0.25) is 0 Å². The van der Waals surface area contributed by atoms with Crippen LogP contribution in [0.25, 0.3) is 0 Å². The Morgan fingerprint density at radius 1 is 0.800 bits per heavy atom. The maximum atomic E-state index is 5.62. The molecule has 2 aliphatic heterocycles. The molecule has 0 bridgehead atoms. The van der Waals surface area contributed by atoms with Crippen LogP contribution in [0.15, 0.2) is 0 Å². The lowest BCUT2D eigenvalue weighted by atomic mass is 10.2. The maximum Gasteiger partial charge on any atom is 0.147 e. The van der Waals surface area contributed by atoms with E-state index in [1.165, 1.54) is 0 Å². The fourth-order valence-corrected chi connectivity index (χ4v) is 9.90. The fraction of sp³-hybridized carbons (Fsp3) is 0.867. The van der Waals surface area contributed by atoms with Crippen molar-refractivity contribution >= 4 is 76.3 Å². The molecule has 2 aliphatic rings. The normalized spacial score (nSPS) is 19.1. The predicted octanol–water partition coefficient (Wildman–Crippen LogP) is 4.50. The summed E-state index contributed by atoms with van der Waals surface area (Å²) in [6.45, 7) is 11.2. The van der Waals surface area contributed by atoms with Gasteiger partial charge < -0.3 is 19.3 Å². The molecule has 0 aromatic heterocycles. The summed E-state index contributed by atoms with van der Waals surface area (Å²) in [7, 11) is 7.25. The summed E-state index contributed by atoms with van der Waals surface area (Å²) in [5.74, 6) is 0. The Kier molecular flexibility index (Phi) is 10.6. The van der Waals surface area contributed by atoms with Crippen LogP contribution in [0, 0.1) is 0 Å². The highest BCUT2D eigenvalue weighted by Gasteiger charge is 2.31. The SMILES string of the molecule is CCC(CC)(SSC(=S)N1CCOCC1)SSC(=S)N1CCOCC1. The topological polar surface area (TPSA) is 24.9 Å². The second kappa shape index (κ2) is 11.8. The Labute approximate surface area is 178 Å². The van der Waals surface area contributed by atoms with Gasteiger partial charge >= 0.3 is 0 Å². The van der Waals surface area contributed by atoms with E-state index in [0.717, 1.165) is 74.1 Å². The molecule has 25 heavy (non-hydrogen) atoms. The molecular formula is C15H26N2O2S6. The third-order valence-electron chi connectivity index (χ3n) is 4.15. The standard InChI is InChI=1S/C15H26N2O2S6/c1-3-15(4-2,24-22-13(20)16-5-9-18-10-6-16)25-23-14(21)17-7-11-19-12-8-17/h3-12H2,1-2H3. The summed E-state index contributed by atoms with van der Waals surface area (Å²) in [4.78, 5) is 4.51. The largest absolute Gasteiger partial charge is 0.378 e. The summed E-state index contributed by atoms with van der Waals surface area (Å²) < 4.78 is 12.9. The van der Waals surface area contributed by atoms with Crippen LogP contribution in [-0.2, 0) is 9.47 Å². The Morgan fingerprint density at radius 3 is 1.48 bits per heavy atom. The molecule has 0 N–H and O–H groups in total. The minimum absolute atomic E-state index is 0.113. The molecule has 144 valence electrons. The van der Waals surface area contributed by atoms with Gasteiger partial charge in [-0.3, -0.25) is 0 Å². The number of ether oxygens (including phenoxy) is 2. The van der Waals surface area contributed by atoms with Crippen LogP contribution in [0.2, 0.25) is 0 Å². The molecule has 10 heteroatoms. The van der Waals surface area contributed by atoms with Crippen molar-refractivity contribution in [3.05, 3.63) is 0 Å². The molecular weight excluding hydrogens is 433 g/mol. The first kappa shape index (κ1) is 22.4. The van der Waals surface area contributed by atoms with E-state index in [1.807, 2.05) is 21.6 Å². The first-order chi connectivity index (χ1) is 12.1. The van der Waals surface area contributed by atoms with E-state index in [0.29, 0.717) is 0 Å². The predicted molar refractivity (Wildman–Crippen MR) is 124 cm³/mol. The second-order valence-corrected chi connectivity index (χ2v) is 12.2. The summed E-state index contributed by atoms with van der Waals surface area (Å²) in [5, 5.41) is 0. The van der Waals surface area contributed by atoms with Gasteiger partial charge in [0.1, 0.15) is 8.64 Å². The van der Waals surface area contributed by atoms with Gasteiger partial charge in [-0.15, -0.1) is 0 Å². The molecule has 0 spiro atoms. The maximum absolute atomic E-state index is 5.62. The molecule has 0 aromatic carbocycles. The Balaban J connectivity index is 1.81. The van der Waals surface area contributed by atoms with Gasteiger partial charge in [-0.1, -0.05) is 59.9 Å². The smallest absolute Gasteiger partial charge is 0.147 e. The summed E-state index contributed by atoms with van der Waals surface area (Å²) >= 11 is 11.2. The quantitative estimate of drug-likeness (QED) is 0.321. The first-order valence-electron chi connectivity index (χ1n) is 8.55. The minimum atomic E-state index is 0.113. The minimum Gasteiger partial charge on any atom is -0.378 e. The summed E-state index contributed by atoms with van der Waals surface area (Å²) in [6, 6.07) is 0. The van der Waals surface area contributed by atoms with E-state index < -0.39 is 0 Å². The highest BCUT2D eigenvalue weighted by molar-refractivity contribution is 8.91. The van der Waals surface area contributed by atoms with E-state index in [9.17, 15) is 0 Å². The van der Waals surface area contributed by atoms with Crippen molar-refractivity contribution < 1.29 is 9.47 Å². The van der Waals surface area contributed by atoms with Gasteiger partial charge in [-0.25, -0.2) is 0 Å². The Bertz CT molecular complexity index is 402. The lowest BCUT2D eigenvalue weighted by Crippen LogP contribution is -2.38. The van der Waals surface area contributed by atoms with Crippen LogP contribution in [0.1, 0.15) is 26.7 Å². The molecule has 0 saturated carbocycles. The van der Waals surface area contributed by atoms with E-state index in [-0.39, 0.29) is 4.08 Å². The Hall–Kier alpha value is 1.10. The average Bonchev–Trinajstić information content (AvgIpc) is 2.69. The van der Waals surface area contributed by atoms with Crippen molar-refractivity contribution in [3.63, 3.8) is 0 Å². The van der Waals surface area contributed by atoms with Crippen molar-refractivity contribution in [1.29, 1.82) is 0 Å². The van der Waals surface area contributed by atoms with Gasteiger partial charge in [-0.2, -0.15) is 0 Å². The van der Waals surface area contributed by atoms with Gasteiger partial charge in [0.25, 0.3) is 0 Å². The molecule has 0 aliphatic carbocycles. The summed E-state index contributed by atoms with van der Waals surface area (Å²) in [5.41, 5.74) is 0. The monoisotopic (exact) mass is 458 g/mol. The van der Waals surface area contributed by atoms with Crippen molar-refractivity contribution in [3.8, 4) is 0 Å². The zero-order valence-electron chi connectivity index (χ0n) is 14.7. The Morgan fingerprint density at radius 2 is 1.16 bits per heavy atom. The molecule has 0 unspecified atom stereocenters. The zero-order valence-corrected chi connectivity index (χ0v) is 19.6. The lowest BCUT2D eigenvalue weighted by molar-refractivity contribution is 0.0702. The molecule has 4 nitrogen and oxygen atoms in total. The van der Waals surface area contributed by atoms with Crippen molar-refractivity contribution in [2.24, 2.45) is 0 Å². The molecule has 0 atom stereocenters. The van der Waals surface area contributed by atoms with Gasteiger partial charge in [0, 0.05) is 26.2 Å². The van der Waals surface area contributed by atoms with E-state index >= 15 is 0 Å². The second-order valence-electron chi connectivity index (χ2n) is 5.68. The summed E-state index contributed by atoms with van der Waals surface area (Å²) in [6.07, 6.45) is 2.16.